The number of Topliss-reactive ketones (excluding diaryl/α,β-unsaturated/α-hetero) is 1. The number of carbonyl (C=O) groups excluding carboxylic acids is 2. The maximum atomic E-state index is 13.2. The molecule has 1 fully saturated rings. The molecule has 0 bridgehead atoms. The molecule has 1 amide bonds. The van der Waals surface area contributed by atoms with Crippen molar-refractivity contribution in [3.05, 3.63) is 17.4 Å². The summed E-state index contributed by atoms with van der Waals surface area (Å²) in [6.07, 6.45) is 5.35. The van der Waals surface area contributed by atoms with E-state index < -0.39 is 8.32 Å². The number of carbonyl (C=O) groups is 2. The van der Waals surface area contributed by atoms with Gasteiger partial charge in [0.2, 0.25) is 5.91 Å². The second-order valence-electron chi connectivity index (χ2n) is 9.36. The summed E-state index contributed by atoms with van der Waals surface area (Å²) in [5.74, 6) is -0.566. The third-order valence-electron chi connectivity index (χ3n) is 6.36. The Bertz CT molecular complexity index is 931. The number of aromatic nitrogens is 2. The molecule has 2 aromatic rings. The number of amides is 1. The molecule has 1 aliphatic heterocycles. The lowest BCUT2D eigenvalue weighted by Gasteiger charge is -2.46. The number of ketones is 1. The number of imidazole rings is 1. The Kier molecular flexibility index (Phi) is 6.08. The normalized spacial score (nSPS) is 22.3. The number of β-lactam (4-membered cyclic amide) rings is 1. The van der Waals surface area contributed by atoms with Crippen LogP contribution in [0.2, 0.25) is 18.1 Å². The van der Waals surface area contributed by atoms with E-state index in [4.69, 9.17) is 4.43 Å². The summed E-state index contributed by atoms with van der Waals surface area (Å²) in [6, 6.07) is -0.200. The third-order valence-corrected chi connectivity index (χ3v) is 12.9. The van der Waals surface area contributed by atoms with Gasteiger partial charge in [0.05, 0.1) is 22.9 Å². The molecule has 9 heteroatoms. The third kappa shape index (κ3) is 4.06. The van der Waals surface area contributed by atoms with E-state index >= 15 is 0 Å². The van der Waals surface area contributed by atoms with Crippen LogP contribution in [0.1, 0.15) is 44.3 Å². The number of nitrogens with zero attached hydrogens (tertiary/aromatic N) is 2. The number of thioether (sulfide) groups is 1. The molecule has 1 N–H and O–H groups in total. The van der Waals surface area contributed by atoms with Crippen LogP contribution in [0.4, 0.5) is 0 Å². The molecule has 0 unspecified atom stereocenters. The molecule has 3 rings (SSSR count). The van der Waals surface area contributed by atoms with Crippen LogP contribution in [0.15, 0.2) is 17.6 Å². The van der Waals surface area contributed by atoms with Gasteiger partial charge in [-0.1, -0.05) is 27.7 Å². The molecule has 3 heterocycles. The first-order valence-corrected chi connectivity index (χ1v) is 14.8. The van der Waals surface area contributed by atoms with Crippen molar-refractivity contribution in [2.24, 2.45) is 11.8 Å². The predicted octanol–water partition coefficient (Wildman–Crippen LogP) is 4.46. The number of nitrogens with one attached hydrogen (secondary N) is 1. The average Bonchev–Trinajstić information content (AvgIpc) is 3.16. The van der Waals surface area contributed by atoms with E-state index in [0.29, 0.717) is 4.88 Å². The Morgan fingerprint density at radius 2 is 2.03 bits per heavy atom. The SMILES string of the molecule is CSc1ncn2cc(C(=O)[C@H](C)[C@H]3NC(=O)[C@@H]3[C@@H](C)O[Si](C)(C)C(C)(C)C)sc12. The van der Waals surface area contributed by atoms with Crippen molar-refractivity contribution in [3.63, 3.8) is 0 Å². The quantitative estimate of drug-likeness (QED) is 0.290. The molecule has 2 aromatic heterocycles. The van der Waals surface area contributed by atoms with Crippen LogP contribution in [0.5, 0.6) is 0 Å². The Balaban J connectivity index is 1.75. The first kappa shape index (κ1) is 22.5. The van der Waals surface area contributed by atoms with Gasteiger partial charge in [0.25, 0.3) is 0 Å². The molecule has 1 saturated heterocycles. The molecular formula is C20H31N3O3S2Si. The van der Waals surface area contributed by atoms with E-state index in [2.05, 4.69) is 44.2 Å². The molecule has 4 atom stereocenters. The van der Waals surface area contributed by atoms with Gasteiger partial charge in [-0.3, -0.25) is 14.0 Å². The first-order chi connectivity index (χ1) is 13.4. The Morgan fingerprint density at radius 3 is 2.59 bits per heavy atom. The van der Waals surface area contributed by atoms with Gasteiger partial charge < -0.3 is 9.74 Å². The van der Waals surface area contributed by atoms with Gasteiger partial charge in [0.15, 0.2) is 14.1 Å². The summed E-state index contributed by atoms with van der Waals surface area (Å²) in [5, 5.41) is 3.95. The van der Waals surface area contributed by atoms with Crippen LogP contribution in [-0.4, -0.2) is 47.8 Å². The van der Waals surface area contributed by atoms with Crippen molar-refractivity contribution >= 4 is 47.9 Å². The van der Waals surface area contributed by atoms with Crippen LogP contribution < -0.4 is 5.32 Å². The standard InChI is InChI=1S/C20H31N3O3S2Si/c1-11(16(24)13-9-23-10-21-18(27-6)19(23)28-13)15-14(17(25)22-15)12(2)26-29(7,8)20(3,4)5/h9-12,14-15H,1-8H3,(H,22,25)/t11-,12-,14-,15-/m1/s1. The van der Waals surface area contributed by atoms with Gasteiger partial charge in [0.1, 0.15) is 16.2 Å². The number of rotatable bonds is 7. The summed E-state index contributed by atoms with van der Waals surface area (Å²) in [4.78, 5) is 31.5. The van der Waals surface area contributed by atoms with E-state index in [0.717, 1.165) is 9.86 Å². The minimum atomic E-state index is -2.00. The topological polar surface area (TPSA) is 72.7 Å². The monoisotopic (exact) mass is 453 g/mol. The predicted molar refractivity (Wildman–Crippen MR) is 122 cm³/mol. The number of thiazole rings is 1. The lowest BCUT2D eigenvalue weighted by Crippen LogP contribution is -2.66. The molecule has 160 valence electrons. The molecule has 0 saturated carbocycles. The minimum Gasteiger partial charge on any atom is -0.413 e. The maximum Gasteiger partial charge on any atom is 0.228 e. The van der Waals surface area contributed by atoms with Crippen molar-refractivity contribution in [2.45, 2.75) is 69.9 Å². The zero-order valence-electron chi connectivity index (χ0n) is 18.4. The summed E-state index contributed by atoms with van der Waals surface area (Å²) >= 11 is 3.03. The largest absolute Gasteiger partial charge is 0.413 e. The summed E-state index contributed by atoms with van der Waals surface area (Å²) in [5.41, 5.74) is 0. The summed E-state index contributed by atoms with van der Waals surface area (Å²) in [6.45, 7) is 14.8. The van der Waals surface area contributed by atoms with Crippen molar-refractivity contribution in [1.82, 2.24) is 14.7 Å². The lowest BCUT2D eigenvalue weighted by atomic mass is 9.77. The summed E-state index contributed by atoms with van der Waals surface area (Å²) < 4.78 is 8.36. The fourth-order valence-corrected chi connectivity index (χ4v) is 6.74. The fraction of sp³-hybridized carbons (Fsp3) is 0.650. The molecule has 0 aliphatic carbocycles. The van der Waals surface area contributed by atoms with Crippen LogP contribution in [0, 0.1) is 11.8 Å². The molecule has 0 radical (unpaired) electrons. The highest BCUT2D eigenvalue weighted by Crippen LogP contribution is 2.40. The Labute approximate surface area is 181 Å². The van der Waals surface area contributed by atoms with E-state index in [1.807, 2.05) is 30.7 Å². The maximum absolute atomic E-state index is 13.2. The van der Waals surface area contributed by atoms with Crippen LogP contribution in [-0.2, 0) is 9.22 Å². The van der Waals surface area contributed by atoms with E-state index in [1.54, 1.807) is 18.1 Å². The number of hydrogen-bond donors (Lipinski definition) is 1. The average molecular weight is 454 g/mol. The number of hydrogen-bond acceptors (Lipinski definition) is 6. The van der Waals surface area contributed by atoms with Crippen molar-refractivity contribution in [2.75, 3.05) is 6.26 Å². The second kappa shape index (κ2) is 7.83. The van der Waals surface area contributed by atoms with Gasteiger partial charge in [0, 0.05) is 12.1 Å². The highest BCUT2D eigenvalue weighted by molar-refractivity contribution is 7.98. The smallest absolute Gasteiger partial charge is 0.228 e. The molecule has 6 nitrogen and oxygen atoms in total. The Hall–Kier alpha value is -1.16. The molecule has 29 heavy (non-hydrogen) atoms. The van der Waals surface area contributed by atoms with Crippen molar-refractivity contribution in [3.8, 4) is 0 Å². The van der Waals surface area contributed by atoms with Gasteiger partial charge in [-0.15, -0.1) is 23.1 Å². The molecule has 0 aromatic carbocycles. The highest BCUT2D eigenvalue weighted by Gasteiger charge is 2.50. The zero-order chi connectivity index (χ0) is 21.7. The lowest BCUT2D eigenvalue weighted by molar-refractivity contribution is -0.141. The second-order valence-corrected chi connectivity index (χ2v) is 15.9. The highest BCUT2D eigenvalue weighted by atomic mass is 32.2. The minimum absolute atomic E-state index is 0.0194. The zero-order valence-corrected chi connectivity index (χ0v) is 21.0. The van der Waals surface area contributed by atoms with Crippen LogP contribution in [0.3, 0.4) is 0 Å². The van der Waals surface area contributed by atoms with Gasteiger partial charge >= 0.3 is 0 Å². The molecule has 1 aliphatic rings. The van der Waals surface area contributed by atoms with Crippen molar-refractivity contribution in [1.29, 1.82) is 0 Å². The van der Waals surface area contributed by atoms with Gasteiger partial charge in [-0.25, -0.2) is 4.98 Å². The van der Waals surface area contributed by atoms with Gasteiger partial charge in [-0.2, -0.15) is 0 Å². The molecular weight excluding hydrogens is 422 g/mol. The van der Waals surface area contributed by atoms with E-state index in [9.17, 15) is 9.59 Å². The van der Waals surface area contributed by atoms with Crippen molar-refractivity contribution < 1.29 is 14.0 Å². The fourth-order valence-electron chi connectivity index (χ4n) is 3.49. The molecule has 0 spiro atoms. The van der Waals surface area contributed by atoms with Crippen LogP contribution in [0.25, 0.3) is 4.83 Å². The van der Waals surface area contributed by atoms with Crippen LogP contribution >= 0.6 is 23.1 Å². The summed E-state index contributed by atoms with van der Waals surface area (Å²) in [7, 11) is -2.00. The van der Waals surface area contributed by atoms with Gasteiger partial charge in [-0.05, 0) is 31.3 Å². The number of fused-ring (bicyclic) bond motifs is 1. The Morgan fingerprint density at radius 1 is 1.38 bits per heavy atom. The first-order valence-electron chi connectivity index (χ1n) is 9.90. The van der Waals surface area contributed by atoms with E-state index in [-0.39, 0.29) is 40.7 Å². The van der Waals surface area contributed by atoms with E-state index in [1.165, 1.54) is 11.3 Å².